The Morgan fingerprint density at radius 3 is 1.58 bits per heavy atom. The fourth-order valence-electron chi connectivity index (χ4n) is 1.13. The van der Waals surface area contributed by atoms with Crippen molar-refractivity contribution in [2.45, 2.75) is 54.4 Å². The molecule has 0 rings (SSSR count). The number of hydrogen-bond acceptors (Lipinski definition) is 0. The van der Waals surface area contributed by atoms with Gasteiger partial charge in [0.25, 0.3) is 0 Å². The van der Waals surface area contributed by atoms with E-state index in [9.17, 15) is 0 Å². The van der Waals surface area contributed by atoms with Crippen molar-refractivity contribution < 1.29 is 0 Å². The van der Waals surface area contributed by atoms with Crippen LogP contribution in [-0.2, 0) is 0 Å². The zero-order valence-electron chi connectivity index (χ0n) is 9.78. The third-order valence-corrected chi connectivity index (χ3v) is 2.17. The monoisotopic (exact) mass is 190 g/mol. The molecule has 0 saturated heterocycles. The summed E-state index contributed by atoms with van der Waals surface area (Å²) < 4.78 is 0. The van der Waals surface area contributed by atoms with Crippen molar-refractivity contribution >= 4 is 9.24 Å². The Bertz CT molecular complexity index is 81.5. The highest BCUT2D eigenvalue weighted by Gasteiger charge is 2.13. The third kappa shape index (κ3) is 16.8. The molecular weight excluding hydrogens is 163 g/mol. The number of rotatable bonds is 2. The summed E-state index contributed by atoms with van der Waals surface area (Å²) in [7, 11) is 2.80. The van der Waals surface area contributed by atoms with Crippen molar-refractivity contribution in [2.75, 3.05) is 6.16 Å². The predicted octanol–water partition coefficient (Wildman–Crippen LogP) is 4.35. The van der Waals surface area contributed by atoms with Gasteiger partial charge in [0.05, 0.1) is 0 Å². The second kappa shape index (κ2) is 8.05. The molecule has 0 aromatic rings. The Balaban J connectivity index is 0. The Kier molecular flexibility index (Phi) is 10.0. The van der Waals surface area contributed by atoms with Gasteiger partial charge in [-0.3, -0.25) is 0 Å². The fourth-order valence-corrected chi connectivity index (χ4v) is 1.30. The molecule has 76 valence electrons. The lowest BCUT2D eigenvalue weighted by Gasteiger charge is -2.21. The highest BCUT2D eigenvalue weighted by molar-refractivity contribution is 7.16. The minimum Gasteiger partial charge on any atom is -0.137 e. The first-order chi connectivity index (χ1) is 5.37. The molecule has 0 aromatic heterocycles. The van der Waals surface area contributed by atoms with Crippen LogP contribution in [0.5, 0.6) is 0 Å². The molecule has 2 unspecified atom stereocenters. The third-order valence-electron chi connectivity index (χ3n) is 1.36. The summed E-state index contributed by atoms with van der Waals surface area (Å²) in [4.78, 5) is 0. The molecule has 0 heterocycles. The maximum absolute atomic E-state index is 2.80. The molecule has 0 N–H and O–H groups in total. The Hall–Kier alpha value is 0.430. The smallest absolute Gasteiger partial charge is 0.0355 e. The van der Waals surface area contributed by atoms with Crippen molar-refractivity contribution in [2.24, 2.45) is 11.3 Å². The van der Waals surface area contributed by atoms with E-state index in [2.05, 4.69) is 50.8 Å². The first-order valence-corrected chi connectivity index (χ1v) is 5.89. The average molecular weight is 190 g/mol. The maximum Gasteiger partial charge on any atom is -0.0355 e. The Morgan fingerprint density at radius 1 is 1.17 bits per heavy atom. The van der Waals surface area contributed by atoms with Crippen LogP contribution in [0.1, 0.15) is 54.4 Å². The molecule has 0 radical (unpaired) electrons. The highest BCUT2D eigenvalue weighted by atomic mass is 31.0. The van der Waals surface area contributed by atoms with Crippen LogP contribution in [-0.4, -0.2) is 6.16 Å². The van der Waals surface area contributed by atoms with Gasteiger partial charge in [-0.15, -0.1) is 9.24 Å². The fraction of sp³-hybridized carbons (Fsp3) is 1.00. The molecule has 0 aliphatic rings. The molecular formula is C11H27P. The molecule has 0 fully saturated rings. The second-order valence-electron chi connectivity index (χ2n) is 4.81. The zero-order chi connectivity index (χ0) is 10.2. The van der Waals surface area contributed by atoms with Crippen molar-refractivity contribution in [3.63, 3.8) is 0 Å². The van der Waals surface area contributed by atoms with Gasteiger partial charge >= 0.3 is 0 Å². The molecule has 12 heavy (non-hydrogen) atoms. The minimum atomic E-state index is 0.510. The van der Waals surface area contributed by atoms with E-state index < -0.39 is 0 Å². The van der Waals surface area contributed by atoms with Crippen LogP contribution in [0.3, 0.4) is 0 Å². The van der Waals surface area contributed by atoms with Crippen LogP contribution >= 0.6 is 9.24 Å². The van der Waals surface area contributed by atoms with Crippen molar-refractivity contribution in [1.29, 1.82) is 0 Å². The van der Waals surface area contributed by atoms with Crippen LogP contribution in [0.2, 0.25) is 0 Å². The van der Waals surface area contributed by atoms with Gasteiger partial charge in [-0.25, -0.2) is 0 Å². The minimum absolute atomic E-state index is 0.510. The van der Waals surface area contributed by atoms with E-state index in [-0.39, 0.29) is 0 Å². The van der Waals surface area contributed by atoms with Gasteiger partial charge in [0.15, 0.2) is 0 Å². The summed E-state index contributed by atoms with van der Waals surface area (Å²) in [6.45, 7) is 13.4. The summed E-state index contributed by atoms with van der Waals surface area (Å²) in [5.41, 5.74) is 0.510. The van der Waals surface area contributed by atoms with Crippen molar-refractivity contribution in [3.8, 4) is 0 Å². The summed E-state index contributed by atoms with van der Waals surface area (Å²) in [5.74, 6) is 0.856. The van der Waals surface area contributed by atoms with Crippen LogP contribution in [0, 0.1) is 11.3 Å². The molecule has 0 spiro atoms. The summed E-state index contributed by atoms with van der Waals surface area (Å²) >= 11 is 0. The molecule has 0 nitrogen and oxygen atoms in total. The lowest BCUT2D eigenvalue weighted by molar-refractivity contribution is 0.323. The second-order valence-corrected chi connectivity index (χ2v) is 5.28. The van der Waals surface area contributed by atoms with Gasteiger partial charge in [0, 0.05) is 0 Å². The SMILES string of the molecule is CC(CP)CC(C)(C)C.CCC. The zero-order valence-corrected chi connectivity index (χ0v) is 10.9. The van der Waals surface area contributed by atoms with Crippen LogP contribution in [0.15, 0.2) is 0 Å². The first kappa shape index (κ1) is 14.9. The molecule has 0 bridgehead atoms. The largest absolute Gasteiger partial charge is 0.137 e. The number of hydrogen-bond donors (Lipinski definition) is 0. The van der Waals surface area contributed by atoms with Gasteiger partial charge in [-0.1, -0.05) is 48.0 Å². The molecule has 0 amide bonds. The topological polar surface area (TPSA) is 0 Å². The van der Waals surface area contributed by atoms with Crippen LogP contribution < -0.4 is 0 Å². The van der Waals surface area contributed by atoms with Gasteiger partial charge in [-0.2, -0.15) is 0 Å². The highest BCUT2D eigenvalue weighted by Crippen LogP contribution is 2.24. The van der Waals surface area contributed by atoms with E-state index in [4.69, 9.17) is 0 Å². The first-order valence-electron chi connectivity index (χ1n) is 5.07. The molecule has 0 aliphatic carbocycles. The predicted molar refractivity (Wildman–Crippen MR) is 63.8 cm³/mol. The lowest BCUT2D eigenvalue weighted by atomic mass is 9.86. The van der Waals surface area contributed by atoms with E-state index in [1.165, 1.54) is 19.0 Å². The van der Waals surface area contributed by atoms with Gasteiger partial charge < -0.3 is 0 Å². The standard InChI is InChI=1S/C8H19P.C3H8/c1-7(6-9)5-8(2,3)4;1-3-2/h7H,5-6,9H2,1-4H3;3H2,1-2H3. The maximum atomic E-state index is 2.80. The van der Waals surface area contributed by atoms with Gasteiger partial charge in [-0.05, 0) is 23.9 Å². The molecule has 2 atom stereocenters. The van der Waals surface area contributed by atoms with E-state index >= 15 is 0 Å². The average Bonchev–Trinajstić information content (AvgIpc) is 1.86. The van der Waals surface area contributed by atoms with Crippen LogP contribution in [0.25, 0.3) is 0 Å². The van der Waals surface area contributed by atoms with Crippen LogP contribution in [0.4, 0.5) is 0 Å². The lowest BCUT2D eigenvalue weighted by Crippen LogP contribution is -2.11. The van der Waals surface area contributed by atoms with Crippen molar-refractivity contribution in [3.05, 3.63) is 0 Å². The summed E-state index contributed by atoms with van der Waals surface area (Å²) in [6, 6.07) is 0. The Morgan fingerprint density at radius 2 is 1.50 bits per heavy atom. The van der Waals surface area contributed by atoms with E-state index in [0.29, 0.717) is 5.41 Å². The molecule has 0 saturated carbocycles. The molecule has 0 aliphatic heterocycles. The van der Waals surface area contributed by atoms with Gasteiger partial charge in [0.2, 0.25) is 0 Å². The molecule has 1 heteroatoms. The van der Waals surface area contributed by atoms with E-state index in [0.717, 1.165) is 5.92 Å². The van der Waals surface area contributed by atoms with Crippen molar-refractivity contribution in [1.82, 2.24) is 0 Å². The summed E-state index contributed by atoms with van der Waals surface area (Å²) in [6.07, 6.45) is 3.81. The molecule has 0 aromatic carbocycles. The van der Waals surface area contributed by atoms with E-state index in [1.54, 1.807) is 0 Å². The normalized spacial score (nSPS) is 13.2. The van der Waals surface area contributed by atoms with E-state index in [1.807, 2.05) is 0 Å². The van der Waals surface area contributed by atoms with Gasteiger partial charge in [0.1, 0.15) is 0 Å². The Labute approximate surface area is 81.7 Å². The summed E-state index contributed by atoms with van der Waals surface area (Å²) in [5, 5.41) is 0. The quantitative estimate of drug-likeness (QED) is 0.568.